The Balaban J connectivity index is 3.17. The molecule has 0 aliphatic carbocycles. The number of hydrogen-bond donors (Lipinski definition) is 2. The van der Waals surface area contributed by atoms with Gasteiger partial charge < -0.3 is 9.84 Å². The van der Waals surface area contributed by atoms with Gasteiger partial charge in [-0.25, -0.2) is 9.18 Å². The third kappa shape index (κ3) is 2.35. The summed E-state index contributed by atoms with van der Waals surface area (Å²) in [5, 5.41) is 10.5. The predicted molar refractivity (Wildman–Crippen MR) is 52.3 cm³/mol. The highest BCUT2D eigenvalue weighted by atomic mass is 79.9. The zero-order chi connectivity index (χ0) is 10.7. The summed E-state index contributed by atoms with van der Waals surface area (Å²) in [6.07, 6.45) is -1.28. The van der Waals surface area contributed by atoms with Gasteiger partial charge in [-0.2, -0.15) is 0 Å². The van der Waals surface area contributed by atoms with Gasteiger partial charge in [0.25, 0.3) is 0 Å². The average Bonchev–Trinajstić information content (AvgIpc) is 2.01. The van der Waals surface area contributed by atoms with Crippen LogP contribution >= 0.6 is 15.9 Å². The van der Waals surface area contributed by atoms with Crippen LogP contribution in [0.2, 0.25) is 0 Å². The topological polar surface area (TPSA) is 58.6 Å². The van der Waals surface area contributed by atoms with E-state index in [0.717, 1.165) is 0 Å². The molecule has 1 amide bonds. The van der Waals surface area contributed by atoms with Crippen molar-refractivity contribution in [2.24, 2.45) is 0 Å². The van der Waals surface area contributed by atoms with Gasteiger partial charge in [-0.3, -0.25) is 5.32 Å². The van der Waals surface area contributed by atoms with E-state index in [0.29, 0.717) is 4.47 Å². The Morgan fingerprint density at radius 2 is 2.29 bits per heavy atom. The van der Waals surface area contributed by atoms with E-state index in [1.807, 2.05) is 5.32 Å². The van der Waals surface area contributed by atoms with Crippen LogP contribution in [-0.2, 0) is 0 Å². The lowest BCUT2D eigenvalue weighted by Crippen LogP contribution is -2.09. The van der Waals surface area contributed by atoms with Crippen molar-refractivity contribution in [2.75, 3.05) is 12.4 Å². The minimum Gasteiger partial charge on any atom is -0.492 e. The van der Waals surface area contributed by atoms with Crippen LogP contribution < -0.4 is 10.1 Å². The summed E-state index contributed by atoms with van der Waals surface area (Å²) in [7, 11) is 1.26. The maximum absolute atomic E-state index is 13.2. The van der Waals surface area contributed by atoms with E-state index in [9.17, 15) is 9.18 Å². The number of hydrogen-bond acceptors (Lipinski definition) is 2. The van der Waals surface area contributed by atoms with Crippen molar-refractivity contribution in [3.8, 4) is 5.75 Å². The Bertz CT molecular complexity index is 370. The van der Waals surface area contributed by atoms with Gasteiger partial charge in [0, 0.05) is 4.47 Å². The first-order valence-electron chi connectivity index (χ1n) is 3.57. The van der Waals surface area contributed by atoms with Crippen molar-refractivity contribution in [2.45, 2.75) is 0 Å². The van der Waals surface area contributed by atoms with Crippen LogP contribution in [0.15, 0.2) is 16.6 Å². The summed E-state index contributed by atoms with van der Waals surface area (Å²) >= 11 is 3.04. The fraction of sp³-hybridized carbons (Fsp3) is 0.125. The molecule has 1 aromatic carbocycles. The summed E-state index contributed by atoms with van der Waals surface area (Å²) < 4.78 is 18.3. The second-order valence-corrected chi connectivity index (χ2v) is 3.31. The van der Waals surface area contributed by atoms with Crippen LogP contribution in [0.5, 0.6) is 5.75 Å². The second kappa shape index (κ2) is 4.28. The number of carbonyl (C=O) groups is 1. The molecule has 4 nitrogen and oxygen atoms in total. The molecule has 0 fully saturated rings. The molecule has 0 aliphatic rings. The molecule has 0 spiro atoms. The van der Waals surface area contributed by atoms with Gasteiger partial charge >= 0.3 is 6.09 Å². The average molecular weight is 264 g/mol. The number of ether oxygens (including phenoxy) is 1. The Kier molecular flexibility index (Phi) is 3.29. The van der Waals surface area contributed by atoms with Crippen molar-refractivity contribution in [1.29, 1.82) is 0 Å². The molecule has 0 heterocycles. The van der Waals surface area contributed by atoms with Crippen molar-refractivity contribution < 1.29 is 19.0 Å². The van der Waals surface area contributed by atoms with Gasteiger partial charge in [0.05, 0.1) is 12.8 Å². The highest BCUT2D eigenvalue weighted by molar-refractivity contribution is 9.10. The molecule has 6 heteroatoms. The molecule has 76 valence electrons. The van der Waals surface area contributed by atoms with Crippen LogP contribution in [0.4, 0.5) is 14.9 Å². The molecule has 0 aromatic heterocycles. The van der Waals surface area contributed by atoms with Crippen LogP contribution in [0, 0.1) is 5.82 Å². The first-order chi connectivity index (χ1) is 6.54. The Morgan fingerprint density at radius 1 is 1.64 bits per heavy atom. The molecule has 0 unspecified atom stereocenters. The summed E-state index contributed by atoms with van der Waals surface area (Å²) in [4.78, 5) is 10.4. The lowest BCUT2D eigenvalue weighted by molar-refractivity contribution is 0.209. The third-order valence-electron chi connectivity index (χ3n) is 1.45. The van der Waals surface area contributed by atoms with E-state index >= 15 is 0 Å². The second-order valence-electron chi connectivity index (χ2n) is 2.40. The molecule has 1 aromatic rings. The van der Waals surface area contributed by atoms with Crippen LogP contribution in [0.1, 0.15) is 0 Å². The van der Waals surface area contributed by atoms with Crippen LogP contribution in [0.3, 0.4) is 0 Å². The zero-order valence-electron chi connectivity index (χ0n) is 7.17. The van der Waals surface area contributed by atoms with Crippen molar-refractivity contribution in [3.63, 3.8) is 0 Å². The Labute approximate surface area is 87.8 Å². The van der Waals surface area contributed by atoms with E-state index in [2.05, 4.69) is 15.9 Å². The van der Waals surface area contributed by atoms with Gasteiger partial charge in [0.1, 0.15) is 0 Å². The van der Waals surface area contributed by atoms with Gasteiger partial charge in [-0.1, -0.05) is 15.9 Å². The zero-order valence-corrected chi connectivity index (χ0v) is 8.76. The lowest BCUT2D eigenvalue weighted by atomic mass is 10.3. The smallest absolute Gasteiger partial charge is 0.409 e. The summed E-state index contributed by atoms with van der Waals surface area (Å²) in [5.41, 5.74) is 0.0619. The number of rotatable bonds is 2. The highest BCUT2D eigenvalue weighted by Gasteiger charge is 2.12. The number of methoxy groups -OCH3 is 1. The summed E-state index contributed by atoms with van der Waals surface area (Å²) in [6.45, 7) is 0. The number of carboxylic acid groups (broad SMARTS) is 1. The number of benzene rings is 1. The lowest BCUT2D eigenvalue weighted by Gasteiger charge is -2.09. The quantitative estimate of drug-likeness (QED) is 0.863. The number of amides is 1. The highest BCUT2D eigenvalue weighted by Crippen LogP contribution is 2.31. The molecule has 0 bridgehead atoms. The minimum atomic E-state index is -1.28. The minimum absolute atomic E-state index is 0.0619. The first kappa shape index (κ1) is 10.8. The third-order valence-corrected chi connectivity index (χ3v) is 1.91. The van der Waals surface area contributed by atoms with E-state index in [1.54, 1.807) is 0 Å². The number of nitrogens with one attached hydrogen (secondary N) is 1. The standard InChI is InChI=1S/C8H7BrFNO3/c1-14-7-5(10)2-4(9)3-6(7)11-8(12)13/h2-3,11H,1H3,(H,12,13). The molecule has 0 saturated heterocycles. The van der Waals surface area contributed by atoms with Crippen LogP contribution in [-0.4, -0.2) is 18.3 Å². The van der Waals surface area contributed by atoms with E-state index in [1.165, 1.54) is 19.2 Å². The van der Waals surface area contributed by atoms with Crippen molar-refractivity contribution >= 4 is 27.7 Å². The van der Waals surface area contributed by atoms with Gasteiger partial charge in [0.15, 0.2) is 11.6 Å². The molecule has 0 aliphatic heterocycles. The van der Waals surface area contributed by atoms with E-state index in [-0.39, 0.29) is 11.4 Å². The maximum atomic E-state index is 13.2. The molecule has 1 rings (SSSR count). The Morgan fingerprint density at radius 3 is 2.79 bits per heavy atom. The molecule has 0 saturated carbocycles. The van der Waals surface area contributed by atoms with E-state index < -0.39 is 11.9 Å². The van der Waals surface area contributed by atoms with Crippen molar-refractivity contribution in [1.82, 2.24) is 0 Å². The maximum Gasteiger partial charge on any atom is 0.409 e. The number of halogens is 2. The van der Waals surface area contributed by atoms with Gasteiger partial charge in [-0.15, -0.1) is 0 Å². The fourth-order valence-corrected chi connectivity index (χ4v) is 1.41. The molecule has 2 N–H and O–H groups in total. The summed E-state index contributed by atoms with van der Waals surface area (Å²) in [5.74, 6) is -0.763. The predicted octanol–water partition coefficient (Wildman–Crippen LogP) is 2.69. The monoisotopic (exact) mass is 263 g/mol. The molecule has 14 heavy (non-hydrogen) atoms. The van der Waals surface area contributed by atoms with Gasteiger partial charge in [-0.05, 0) is 12.1 Å². The normalized spacial score (nSPS) is 9.64. The number of anilines is 1. The fourth-order valence-electron chi connectivity index (χ4n) is 0.976. The summed E-state index contributed by atoms with van der Waals surface area (Å²) in [6, 6.07) is 2.60. The molecule has 0 radical (unpaired) electrons. The Hall–Kier alpha value is -1.30. The molecular weight excluding hydrogens is 257 g/mol. The van der Waals surface area contributed by atoms with E-state index in [4.69, 9.17) is 9.84 Å². The molecule has 0 atom stereocenters. The SMILES string of the molecule is COc1c(F)cc(Br)cc1NC(=O)O. The van der Waals surface area contributed by atoms with Crippen molar-refractivity contribution in [3.05, 3.63) is 22.4 Å². The largest absolute Gasteiger partial charge is 0.492 e. The first-order valence-corrected chi connectivity index (χ1v) is 4.37. The van der Waals surface area contributed by atoms with Crippen LogP contribution in [0.25, 0.3) is 0 Å². The van der Waals surface area contributed by atoms with Gasteiger partial charge in [0.2, 0.25) is 0 Å². The molecular formula is C8H7BrFNO3.